The molecular weight excluding hydrogens is 237 g/mol. The number of hydrogen-bond acceptors (Lipinski definition) is 3. The Morgan fingerprint density at radius 3 is 2.33 bits per heavy atom. The first kappa shape index (κ1) is 12.5. The molecule has 1 N–H and O–H groups in total. The number of carbonyl (C=O) groups excluding carboxylic acids is 2. The van der Waals surface area contributed by atoms with Crippen LogP contribution in [0.5, 0.6) is 0 Å². The maximum absolute atomic E-state index is 12.7. The molecule has 2 rings (SSSR count). The van der Waals surface area contributed by atoms with Crippen LogP contribution in [0, 0.1) is 11.2 Å². The Bertz CT molecular complexity index is 466. The van der Waals surface area contributed by atoms with Crippen molar-refractivity contribution in [3.63, 3.8) is 0 Å². The fourth-order valence-electron chi connectivity index (χ4n) is 2.03. The molecule has 1 fully saturated rings. The number of ether oxygens (including phenoxy) is 1. The Balaban J connectivity index is 2.11. The van der Waals surface area contributed by atoms with Gasteiger partial charge < -0.3 is 10.1 Å². The number of anilines is 1. The summed E-state index contributed by atoms with van der Waals surface area (Å²) in [6.07, 6.45) is 1.81. The van der Waals surface area contributed by atoms with Crippen LogP contribution in [0.1, 0.15) is 19.3 Å². The second-order valence-electron chi connectivity index (χ2n) is 4.39. The Hall–Kier alpha value is -1.91. The quantitative estimate of drug-likeness (QED) is 0.661. The van der Waals surface area contributed by atoms with E-state index in [1.807, 2.05) is 0 Å². The van der Waals surface area contributed by atoms with Gasteiger partial charge in [-0.25, -0.2) is 4.39 Å². The summed E-state index contributed by atoms with van der Waals surface area (Å²) in [6.45, 7) is 0. The standard InChI is InChI=1S/C13H14FNO3/c1-18-12(17)13(7-2-8-13)11(16)15-10-5-3-9(14)4-6-10/h3-6H,2,7-8H2,1H3,(H,15,16). The third-order valence-electron chi connectivity index (χ3n) is 3.32. The number of hydrogen-bond donors (Lipinski definition) is 1. The summed E-state index contributed by atoms with van der Waals surface area (Å²) in [5.41, 5.74) is -0.597. The average Bonchev–Trinajstić information content (AvgIpc) is 2.30. The van der Waals surface area contributed by atoms with Crippen LogP contribution in [0.2, 0.25) is 0 Å². The molecule has 1 aliphatic carbocycles. The summed E-state index contributed by atoms with van der Waals surface area (Å²) < 4.78 is 17.4. The molecule has 0 atom stereocenters. The number of carbonyl (C=O) groups is 2. The minimum atomic E-state index is -1.07. The van der Waals surface area contributed by atoms with Crippen molar-refractivity contribution >= 4 is 17.6 Å². The van der Waals surface area contributed by atoms with E-state index in [0.717, 1.165) is 6.42 Å². The van der Waals surface area contributed by atoms with Crippen LogP contribution in [-0.4, -0.2) is 19.0 Å². The van der Waals surface area contributed by atoms with Crippen LogP contribution >= 0.6 is 0 Å². The van der Waals surface area contributed by atoms with Gasteiger partial charge in [-0.05, 0) is 37.1 Å². The molecule has 1 aromatic rings. The van der Waals surface area contributed by atoms with Gasteiger partial charge in [-0.15, -0.1) is 0 Å². The minimum Gasteiger partial charge on any atom is -0.468 e. The van der Waals surface area contributed by atoms with E-state index in [0.29, 0.717) is 18.5 Å². The third-order valence-corrected chi connectivity index (χ3v) is 3.32. The first-order valence-electron chi connectivity index (χ1n) is 5.74. The van der Waals surface area contributed by atoms with Crippen LogP contribution in [0.25, 0.3) is 0 Å². The summed E-state index contributed by atoms with van der Waals surface area (Å²) in [4.78, 5) is 23.8. The number of methoxy groups -OCH3 is 1. The lowest BCUT2D eigenvalue weighted by Gasteiger charge is -2.36. The second kappa shape index (κ2) is 4.76. The van der Waals surface area contributed by atoms with Gasteiger partial charge in [0.05, 0.1) is 7.11 Å². The van der Waals surface area contributed by atoms with Crippen LogP contribution in [0.4, 0.5) is 10.1 Å². The van der Waals surface area contributed by atoms with Gasteiger partial charge in [0.15, 0.2) is 0 Å². The number of esters is 1. The van der Waals surface area contributed by atoms with E-state index in [1.54, 1.807) is 0 Å². The van der Waals surface area contributed by atoms with Gasteiger partial charge in [-0.2, -0.15) is 0 Å². The predicted octanol–water partition coefficient (Wildman–Crippen LogP) is 2.11. The van der Waals surface area contributed by atoms with Gasteiger partial charge in [0.2, 0.25) is 5.91 Å². The number of amides is 1. The van der Waals surface area contributed by atoms with E-state index in [-0.39, 0.29) is 11.7 Å². The van der Waals surface area contributed by atoms with E-state index in [9.17, 15) is 14.0 Å². The highest BCUT2D eigenvalue weighted by Gasteiger charge is 2.51. The highest BCUT2D eigenvalue weighted by molar-refractivity contribution is 6.09. The molecule has 5 heteroatoms. The number of halogens is 1. The van der Waals surface area contributed by atoms with E-state index < -0.39 is 11.4 Å². The topological polar surface area (TPSA) is 55.4 Å². The molecule has 0 radical (unpaired) electrons. The largest absolute Gasteiger partial charge is 0.468 e. The van der Waals surface area contributed by atoms with Crippen molar-refractivity contribution in [2.75, 3.05) is 12.4 Å². The molecular formula is C13H14FNO3. The van der Waals surface area contributed by atoms with Crippen molar-refractivity contribution in [1.82, 2.24) is 0 Å². The Labute approximate surface area is 104 Å². The normalized spacial score (nSPS) is 16.6. The fourth-order valence-corrected chi connectivity index (χ4v) is 2.03. The maximum Gasteiger partial charge on any atom is 0.321 e. The number of rotatable bonds is 3. The molecule has 4 nitrogen and oxygen atoms in total. The molecule has 1 aliphatic rings. The van der Waals surface area contributed by atoms with E-state index in [2.05, 4.69) is 10.1 Å². The van der Waals surface area contributed by atoms with E-state index >= 15 is 0 Å². The van der Waals surface area contributed by atoms with Gasteiger partial charge in [0.25, 0.3) is 0 Å². The monoisotopic (exact) mass is 251 g/mol. The van der Waals surface area contributed by atoms with Gasteiger partial charge in [0.1, 0.15) is 11.2 Å². The molecule has 0 bridgehead atoms. The minimum absolute atomic E-state index is 0.376. The van der Waals surface area contributed by atoms with Crippen molar-refractivity contribution in [3.8, 4) is 0 Å². The molecule has 1 saturated carbocycles. The first-order valence-corrected chi connectivity index (χ1v) is 5.74. The van der Waals surface area contributed by atoms with Crippen LogP contribution < -0.4 is 5.32 Å². The summed E-state index contributed by atoms with van der Waals surface area (Å²) in [5.74, 6) is -1.26. The molecule has 0 heterocycles. The highest BCUT2D eigenvalue weighted by atomic mass is 19.1. The van der Waals surface area contributed by atoms with Gasteiger partial charge in [-0.3, -0.25) is 9.59 Å². The third kappa shape index (κ3) is 2.08. The lowest BCUT2D eigenvalue weighted by atomic mass is 9.68. The summed E-state index contributed by atoms with van der Waals surface area (Å²) in [6, 6.07) is 5.41. The highest BCUT2D eigenvalue weighted by Crippen LogP contribution is 2.42. The second-order valence-corrected chi connectivity index (χ2v) is 4.39. The van der Waals surface area contributed by atoms with E-state index in [1.165, 1.54) is 31.4 Å². The fraction of sp³-hybridized carbons (Fsp3) is 0.385. The average molecular weight is 251 g/mol. The van der Waals surface area contributed by atoms with Crippen LogP contribution in [0.15, 0.2) is 24.3 Å². The van der Waals surface area contributed by atoms with Gasteiger partial charge >= 0.3 is 5.97 Å². The van der Waals surface area contributed by atoms with E-state index in [4.69, 9.17) is 0 Å². The van der Waals surface area contributed by atoms with Crippen LogP contribution in [0.3, 0.4) is 0 Å². The zero-order chi connectivity index (χ0) is 13.2. The smallest absolute Gasteiger partial charge is 0.321 e. The molecule has 18 heavy (non-hydrogen) atoms. The molecule has 1 aromatic carbocycles. The van der Waals surface area contributed by atoms with Gasteiger partial charge in [0, 0.05) is 5.69 Å². The lowest BCUT2D eigenvalue weighted by Crippen LogP contribution is -2.48. The zero-order valence-corrected chi connectivity index (χ0v) is 10.0. The molecule has 1 amide bonds. The molecule has 0 aromatic heterocycles. The Morgan fingerprint density at radius 2 is 1.89 bits per heavy atom. The molecule has 96 valence electrons. The summed E-state index contributed by atoms with van der Waals surface area (Å²) >= 11 is 0. The van der Waals surface area contributed by atoms with Crippen LogP contribution in [-0.2, 0) is 14.3 Å². The molecule has 0 spiro atoms. The van der Waals surface area contributed by atoms with Crippen molar-refractivity contribution in [1.29, 1.82) is 0 Å². The SMILES string of the molecule is COC(=O)C1(C(=O)Nc2ccc(F)cc2)CCC1. The number of benzene rings is 1. The molecule has 0 unspecified atom stereocenters. The predicted molar refractivity (Wildman–Crippen MR) is 63.3 cm³/mol. The van der Waals surface area contributed by atoms with Crippen molar-refractivity contribution in [3.05, 3.63) is 30.1 Å². The van der Waals surface area contributed by atoms with Crippen molar-refractivity contribution in [2.24, 2.45) is 5.41 Å². The Morgan fingerprint density at radius 1 is 1.28 bits per heavy atom. The molecule has 0 saturated heterocycles. The summed E-state index contributed by atoms with van der Waals surface area (Å²) in [7, 11) is 1.27. The van der Waals surface area contributed by atoms with Crippen molar-refractivity contribution < 1.29 is 18.7 Å². The first-order chi connectivity index (χ1) is 8.58. The molecule has 0 aliphatic heterocycles. The number of nitrogens with one attached hydrogen (secondary N) is 1. The Kier molecular flexibility index (Phi) is 3.32. The lowest BCUT2D eigenvalue weighted by molar-refractivity contribution is -0.163. The zero-order valence-electron chi connectivity index (χ0n) is 10.0. The van der Waals surface area contributed by atoms with Crippen molar-refractivity contribution in [2.45, 2.75) is 19.3 Å². The summed E-state index contributed by atoms with van der Waals surface area (Å²) in [5, 5.41) is 2.62. The maximum atomic E-state index is 12.7. The van der Waals surface area contributed by atoms with Gasteiger partial charge in [-0.1, -0.05) is 6.42 Å².